The van der Waals surface area contributed by atoms with Gasteiger partial charge in [-0.3, -0.25) is 4.79 Å². The van der Waals surface area contributed by atoms with Crippen molar-refractivity contribution in [2.45, 2.75) is 26.7 Å². The van der Waals surface area contributed by atoms with Crippen LogP contribution < -0.4 is 10.3 Å². The van der Waals surface area contributed by atoms with Crippen molar-refractivity contribution in [2.75, 3.05) is 13.2 Å². The molecule has 1 aromatic carbocycles. The average molecular weight is 295 g/mol. The van der Waals surface area contributed by atoms with E-state index in [2.05, 4.69) is 22.1 Å². The van der Waals surface area contributed by atoms with E-state index in [1.54, 1.807) is 6.07 Å². The zero-order valence-corrected chi connectivity index (χ0v) is 12.8. The lowest BCUT2D eigenvalue weighted by molar-refractivity contribution is 0.285. The van der Waals surface area contributed by atoms with E-state index in [1.165, 1.54) is 6.07 Å². The minimum absolute atomic E-state index is 0.106. The lowest BCUT2D eigenvalue weighted by atomic mass is 10.2. The molecular weight excluding hydrogens is 274 g/mol. The quantitative estimate of drug-likeness (QED) is 0.486. The zero-order valence-electron chi connectivity index (χ0n) is 11.9. The van der Waals surface area contributed by atoms with Gasteiger partial charge in [0.1, 0.15) is 5.75 Å². The molecule has 5 heteroatoms. The van der Waals surface area contributed by atoms with Gasteiger partial charge >= 0.3 is 0 Å². The fraction of sp³-hybridized carbons (Fsp3) is 0.400. The van der Waals surface area contributed by atoms with Crippen LogP contribution in [0.15, 0.2) is 35.1 Å². The number of nitrogens with one attached hydrogen (secondary N) is 1. The first-order chi connectivity index (χ1) is 9.79. The van der Waals surface area contributed by atoms with E-state index in [0.29, 0.717) is 13.2 Å². The highest BCUT2D eigenvalue weighted by Crippen LogP contribution is 2.18. The summed E-state index contributed by atoms with van der Waals surface area (Å²) in [5.41, 5.74) is 0.685. The van der Waals surface area contributed by atoms with Crippen LogP contribution in [-0.2, 0) is 4.18 Å². The molecule has 0 amide bonds. The van der Waals surface area contributed by atoms with Crippen molar-refractivity contribution in [3.63, 3.8) is 0 Å². The third kappa shape index (κ3) is 5.27. The summed E-state index contributed by atoms with van der Waals surface area (Å²) in [6.45, 7) is 5.25. The number of pyridine rings is 1. The number of thiol groups is 1. The molecule has 20 heavy (non-hydrogen) atoms. The van der Waals surface area contributed by atoms with E-state index in [0.717, 1.165) is 29.5 Å². The Bertz CT molecular complexity index is 568. The summed E-state index contributed by atoms with van der Waals surface area (Å²) in [6, 6.07) is 8.97. The number of ether oxygens (including phenoxy) is 1. The van der Waals surface area contributed by atoms with Gasteiger partial charge in [0.25, 0.3) is 0 Å². The molecule has 0 saturated carbocycles. The van der Waals surface area contributed by atoms with E-state index >= 15 is 0 Å². The second kappa shape index (κ2) is 9.44. The number of aromatic nitrogens is 1. The summed E-state index contributed by atoms with van der Waals surface area (Å²) in [5.74, 6) is 0.760. The third-order valence-corrected chi connectivity index (χ3v) is 2.78. The van der Waals surface area contributed by atoms with Gasteiger partial charge in [0.15, 0.2) is 0 Å². The van der Waals surface area contributed by atoms with Crippen LogP contribution >= 0.6 is 12.9 Å². The molecule has 2 rings (SSSR count). The van der Waals surface area contributed by atoms with Gasteiger partial charge in [-0.1, -0.05) is 13.8 Å². The molecule has 0 saturated heterocycles. The minimum atomic E-state index is -0.106. The van der Waals surface area contributed by atoms with E-state index in [1.807, 2.05) is 32.0 Å². The van der Waals surface area contributed by atoms with Crippen LogP contribution in [0.2, 0.25) is 0 Å². The molecule has 1 aromatic heterocycles. The van der Waals surface area contributed by atoms with Gasteiger partial charge in [-0.15, -0.1) is 0 Å². The summed E-state index contributed by atoms with van der Waals surface area (Å²) in [5, 5.41) is 0.991. The molecule has 0 aliphatic heterocycles. The van der Waals surface area contributed by atoms with E-state index in [4.69, 9.17) is 4.74 Å². The molecule has 1 heterocycles. The number of fused-ring (bicyclic) bond motifs is 1. The van der Waals surface area contributed by atoms with E-state index in [9.17, 15) is 4.79 Å². The molecule has 0 aliphatic rings. The largest absolute Gasteiger partial charge is 0.494 e. The number of benzene rings is 1. The molecule has 4 nitrogen and oxygen atoms in total. The summed E-state index contributed by atoms with van der Waals surface area (Å²) < 4.78 is 10.3. The van der Waals surface area contributed by atoms with Gasteiger partial charge in [0.05, 0.1) is 18.7 Å². The highest BCUT2D eigenvalue weighted by atomic mass is 32.1. The first-order valence-corrected chi connectivity index (χ1v) is 7.18. The Labute approximate surface area is 124 Å². The van der Waals surface area contributed by atoms with Crippen molar-refractivity contribution >= 4 is 23.8 Å². The maximum atomic E-state index is 11.2. The number of aromatic amines is 1. The van der Waals surface area contributed by atoms with Gasteiger partial charge in [0, 0.05) is 12.1 Å². The van der Waals surface area contributed by atoms with Crippen molar-refractivity contribution in [3.05, 3.63) is 40.7 Å². The maximum Gasteiger partial charge on any atom is 0.248 e. The molecular formula is C15H21NO3S. The van der Waals surface area contributed by atoms with Crippen molar-refractivity contribution in [1.82, 2.24) is 4.98 Å². The number of hydrogen-bond acceptors (Lipinski definition) is 4. The standard InChI is InChI=1S/C13H15NO3S.C2H6/c15-13-6-4-10-3-5-11(9-12(10)14-13)16-7-1-2-8-17-18;1-2/h3-6,9,18H,1-2,7-8H2,(H,14,15);1-2H3. The molecule has 0 bridgehead atoms. The van der Waals surface area contributed by atoms with Crippen LogP contribution in [0.1, 0.15) is 26.7 Å². The van der Waals surface area contributed by atoms with Crippen molar-refractivity contribution in [3.8, 4) is 5.75 Å². The van der Waals surface area contributed by atoms with Crippen molar-refractivity contribution in [2.24, 2.45) is 0 Å². The summed E-state index contributed by atoms with van der Waals surface area (Å²) in [6.07, 6.45) is 1.82. The molecule has 1 N–H and O–H groups in total. The Morgan fingerprint density at radius 2 is 1.80 bits per heavy atom. The smallest absolute Gasteiger partial charge is 0.248 e. The Hall–Kier alpha value is -1.46. The summed E-state index contributed by atoms with van der Waals surface area (Å²) in [4.78, 5) is 14.0. The lowest BCUT2D eigenvalue weighted by Crippen LogP contribution is -2.03. The Kier molecular flexibility index (Phi) is 7.84. The first-order valence-electron chi connectivity index (χ1n) is 6.82. The Morgan fingerprint density at radius 3 is 2.55 bits per heavy atom. The van der Waals surface area contributed by atoms with E-state index in [-0.39, 0.29) is 5.56 Å². The van der Waals surface area contributed by atoms with Crippen LogP contribution in [0.5, 0.6) is 5.75 Å². The number of unbranched alkanes of at least 4 members (excludes halogenated alkanes) is 1. The van der Waals surface area contributed by atoms with E-state index < -0.39 is 0 Å². The van der Waals surface area contributed by atoms with Crippen molar-refractivity contribution in [1.29, 1.82) is 0 Å². The predicted molar refractivity (Wildman–Crippen MR) is 85.6 cm³/mol. The average Bonchev–Trinajstić information content (AvgIpc) is 2.48. The monoisotopic (exact) mass is 295 g/mol. The van der Waals surface area contributed by atoms with Crippen molar-refractivity contribution < 1.29 is 8.92 Å². The van der Waals surface area contributed by atoms with Crippen LogP contribution in [-0.4, -0.2) is 18.2 Å². The molecule has 110 valence electrons. The predicted octanol–water partition coefficient (Wildman–Crippen LogP) is 3.57. The van der Waals surface area contributed by atoms with Gasteiger partial charge in [-0.25, -0.2) is 0 Å². The SMILES string of the molecule is CC.O=c1ccc2ccc(OCCCCOS)cc2[nH]1. The van der Waals surface area contributed by atoms with Crippen LogP contribution in [0.4, 0.5) is 0 Å². The third-order valence-electron chi connectivity index (χ3n) is 2.60. The maximum absolute atomic E-state index is 11.2. The highest BCUT2D eigenvalue weighted by Gasteiger charge is 1.98. The fourth-order valence-electron chi connectivity index (χ4n) is 1.68. The Balaban J connectivity index is 0.000000956. The highest BCUT2D eigenvalue weighted by molar-refractivity contribution is 7.75. The second-order valence-electron chi connectivity index (χ2n) is 3.96. The molecule has 0 unspecified atom stereocenters. The number of H-pyrrole nitrogens is 1. The summed E-state index contributed by atoms with van der Waals surface area (Å²) >= 11 is 3.67. The van der Waals surface area contributed by atoms with Gasteiger partial charge in [0.2, 0.25) is 5.56 Å². The van der Waals surface area contributed by atoms with Crippen LogP contribution in [0.3, 0.4) is 0 Å². The van der Waals surface area contributed by atoms with Crippen LogP contribution in [0, 0.1) is 0 Å². The molecule has 2 aromatic rings. The molecule has 0 atom stereocenters. The summed E-state index contributed by atoms with van der Waals surface area (Å²) in [7, 11) is 0. The molecule has 0 fully saturated rings. The molecule has 0 radical (unpaired) electrons. The fourth-order valence-corrected chi connectivity index (χ4v) is 1.81. The van der Waals surface area contributed by atoms with Gasteiger partial charge in [-0.05, 0) is 49.3 Å². The molecule has 0 spiro atoms. The molecule has 0 aliphatic carbocycles. The number of rotatable bonds is 6. The zero-order chi connectivity index (χ0) is 14.8. The topological polar surface area (TPSA) is 51.3 Å². The van der Waals surface area contributed by atoms with Gasteiger partial charge < -0.3 is 13.9 Å². The van der Waals surface area contributed by atoms with Gasteiger partial charge in [-0.2, -0.15) is 0 Å². The first kappa shape index (κ1) is 16.6. The van der Waals surface area contributed by atoms with Crippen LogP contribution in [0.25, 0.3) is 10.9 Å². The lowest BCUT2D eigenvalue weighted by Gasteiger charge is -2.06. The second-order valence-corrected chi connectivity index (χ2v) is 4.22. The minimum Gasteiger partial charge on any atom is -0.494 e. The normalized spacial score (nSPS) is 9.95. The number of hydrogen-bond donors (Lipinski definition) is 2. The Morgan fingerprint density at radius 1 is 1.10 bits per heavy atom.